The van der Waals surface area contributed by atoms with E-state index in [1.807, 2.05) is 12.3 Å². The molecule has 2 heterocycles. The Balaban J connectivity index is 2.04. The van der Waals surface area contributed by atoms with Crippen molar-refractivity contribution in [3.63, 3.8) is 0 Å². The van der Waals surface area contributed by atoms with E-state index in [4.69, 9.17) is 0 Å². The van der Waals surface area contributed by atoms with E-state index in [1.165, 1.54) is 0 Å². The topological polar surface area (TPSA) is 37.3 Å². The molecule has 20 heavy (non-hydrogen) atoms. The molecule has 0 saturated carbocycles. The number of pyridine rings is 1. The van der Waals surface area contributed by atoms with Gasteiger partial charge in [-0.1, -0.05) is 19.9 Å². The Morgan fingerprint density at radius 3 is 2.75 bits per heavy atom. The second kappa shape index (κ2) is 6.10. The van der Waals surface area contributed by atoms with Gasteiger partial charge in [-0.15, -0.1) is 0 Å². The Morgan fingerprint density at radius 1 is 1.35 bits per heavy atom. The zero-order valence-corrected chi connectivity index (χ0v) is 13.1. The third kappa shape index (κ3) is 3.70. The van der Waals surface area contributed by atoms with Gasteiger partial charge in [0.2, 0.25) is 0 Å². The lowest BCUT2D eigenvalue weighted by Crippen LogP contribution is -2.63. The number of hydrogen-bond acceptors (Lipinski definition) is 3. The molecule has 0 amide bonds. The molecule has 1 N–H and O–H groups in total. The predicted octanol–water partition coefficient (Wildman–Crippen LogP) is 1.56. The fraction of sp³-hybridized carbons (Fsp3) is 0.688. The summed E-state index contributed by atoms with van der Waals surface area (Å²) in [5, 5.41) is 3.62. The molecule has 4 nitrogen and oxygen atoms in total. The van der Waals surface area contributed by atoms with Crippen LogP contribution >= 0.6 is 0 Å². The van der Waals surface area contributed by atoms with E-state index >= 15 is 0 Å². The number of nitrogens with one attached hydrogen (secondary N) is 1. The quantitative estimate of drug-likeness (QED) is 0.907. The zero-order valence-electron chi connectivity index (χ0n) is 13.1. The van der Waals surface area contributed by atoms with Crippen LogP contribution < -0.4 is 10.9 Å². The summed E-state index contributed by atoms with van der Waals surface area (Å²) in [7, 11) is 0. The van der Waals surface area contributed by atoms with E-state index in [1.54, 1.807) is 16.7 Å². The van der Waals surface area contributed by atoms with Crippen molar-refractivity contribution in [2.24, 2.45) is 5.92 Å². The van der Waals surface area contributed by atoms with Crippen LogP contribution in [0, 0.1) is 5.92 Å². The Morgan fingerprint density at radius 2 is 2.10 bits per heavy atom. The molecule has 1 aliphatic heterocycles. The molecule has 1 aliphatic rings. The number of aromatic nitrogens is 1. The van der Waals surface area contributed by atoms with Crippen LogP contribution in [0.2, 0.25) is 0 Å². The maximum absolute atomic E-state index is 11.8. The van der Waals surface area contributed by atoms with Crippen LogP contribution in [0.4, 0.5) is 0 Å². The summed E-state index contributed by atoms with van der Waals surface area (Å²) in [6.07, 6.45) is 1.88. The smallest absolute Gasteiger partial charge is 0.250 e. The standard InChI is InChI=1S/C16H27N3O/c1-13(2)14-11-17-16(3,4)12-19(14)10-9-18-8-6-5-7-15(18)20/h5-8,13-14,17H,9-12H2,1-4H3. The Kier molecular flexibility index (Phi) is 4.66. The molecule has 1 fully saturated rings. The number of rotatable bonds is 4. The highest BCUT2D eigenvalue weighted by Crippen LogP contribution is 2.19. The van der Waals surface area contributed by atoms with Gasteiger partial charge in [0.15, 0.2) is 0 Å². The summed E-state index contributed by atoms with van der Waals surface area (Å²) in [5.74, 6) is 0.617. The van der Waals surface area contributed by atoms with Gasteiger partial charge in [-0.25, -0.2) is 0 Å². The van der Waals surface area contributed by atoms with Crippen molar-refractivity contribution < 1.29 is 0 Å². The van der Waals surface area contributed by atoms with E-state index in [0.29, 0.717) is 12.0 Å². The molecule has 1 aromatic rings. The highest BCUT2D eigenvalue weighted by Gasteiger charge is 2.33. The van der Waals surface area contributed by atoms with Crippen molar-refractivity contribution in [2.75, 3.05) is 19.6 Å². The minimum atomic E-state index is 0.0861. The SMILES string of the molecule is CC(C)C1CNC(C)(C)CN1CCn1ccccc1=O. The maximum Gasteiger partial charge on any atom is 0.250 e. The van der Waals surface area contributed by atoms with Gasteiger partial charge in [0.25, 0.3) is 5.56 Å². The van der Waals surface area contributed by atoms with Gasteiger partial charge in [-0.05, 0) is 25.8 Å². The van der Waals surface area contributed by atoms with E-state index in [0.717, 1.165) is 26.2 Å². The highest BCUT2D eigenvalue weighted by molar-refractivity contribution is 4.95. The minimum absolute atomic E-state index is 0.0861. The molecule has 1 atom stereocenters. The summed E-state index contributed by atoms with van der Waals surface area (Å²) in [6.45, 7) is 12.8. The van der Waals surface area contributed by atoms with Gasteiger partial charge in [0.05, 0.1) is 0 Å². The van der Waals surface area contributed by atoms with Gasteiger partial charge in [-0.2, -0.15) is 0 Å². The van der Waals surface area contributed by atoms with E-state index in [2.05, 4.69) is 37.9 Å². The van der Waals surface area contributed by atoms with Crippen molar-refractivity contribution in [1.82, 2.24) is 14.8 Å². The fourth-order valence-electron chi connectivity index (χ4n) is 2.97. The lowest BCUT2D eigenvalue weighted by Gasteiger charge is -2.46. The van der Waals surface area contributed by atoms with Crippen LogP contribution in [-0.2, 0) is 6.54 Å². The molecule has 2 rings (SSSR count). The van der Waals surface area contributed by atoms with Crippen molar-refractivity contribution in [2.45, 2.75) is 45.8 Å². The lowest BCUT2D eigenvalue weighted by atomic mass is 9.93. The fourth-order valence-corrected chi connectivity index (χ4v) is 2.97. The predicted molar refractivity (Wildman–Crippen MR) is 83.0 cm³/mol. The van der Waals surface area contributed by atoms with Gasteiger partial charge < -0.3 is 9.88 Å². The Bertz CT molecular complexity index is 492. The number of hydrogen-bond donors (Lipinski definition) is 1. The average molecular weight is 277 g/mol. The Labute approximate surface area is 121 Å². The van der Waals surface area contributed by atoms with Gasteiger partial charge in [-0.3, -0.25) is 9.69 Å². The summed E-state index contributed by atoms with van der Waals surface area (Å²) < 4.78 is 1.80. The van der Waals surface area contributed by atoms with Crippen LogP contribution in [0.25, 0.3) is 0 Å². The van der Waals surface area contributed by atoms with Gasteiger partial charge in [0, 0.05) is 50.0 Å². The van der Waals surface area contributed by atoms with Crippen LogP contribution in [-0.4, -0.2) is 40.7 Å². The second-order valence-electron chi connectivity index (χ2n) is 6.78. The molecular formula is C16H27N3O. The molecule has 1 saturated heterocycles. The van der Waals surface area contributed by atoms with Crippen LogP contribution in [0.1, 0.15) is 27.7 Å². The van der Waals surface area contributed by atoms with Gasteiger partial charge >= 0.3 is 0 Å². The largest absolute Gasteiger partial charge is 0.314 e. The first-order chi connectivity index (χ1) is 9.39. The zero-order chi connectivity index (χ0) is 14.8. The Hall–Kier alpha value is -1.13. The molecule has 0 aromatic carbocycles. The lowest BCUT2D eigenvalue weighted by molar-refractivity contribution is 0.0661. The van der Waals surface area contributed by atoms with Crippen molar-refractivity contribution >= 4 is 0 Å². The average Bonchev–Trinajstić information content (AvgIpc) is 2.36. The van der Waals surface area contributed by atoms with Gasteiger partial charge in [0.1, 0.15) is 0 Å². The molecule has 0 radical (unpaired) electrons. The molecule has 4 heteroatoms. The van der Waals surface area contributed by atoms with E-state index < -0.39 is 0 Å². The monoisotopic (exact) mass is 277 g/mol. The van der Waals surface area contributed by atoms with Crippen LogP contribution in [0.3, 0.4) is 0 Å². The number of nitrogens with zero attached hydrogens (tertiary/aromatic N) is 2. The normalized spacial score (nSPS) is 23.1. The third-order valence-corrected chi connectivity index (χ3v) is 4.15. The van der Waals surface area contributed by atoms with Crippen molar-refractivity contribution in [1.29, 1.82) is 0 Å². The first-order valence-corrected chi connectivity index (χ1v) is 7.53. The van der Waals surface area contributed by atoms with Crippen LogP contribution in [0.15, 0.2) is 29.2 Å². The summed E-state index contributed by atoms with van der Waals surface area (Å²) >= 11 is 0. The highest BCUT2D eigenvalue weighted by atomic mass is 16.1. The number of piperazine rings is 1. The molecule has 0 aliphatic carbocycles. The molecular weight excluding hydrogens is 250 g/mol. The molecule has 0 bridgehead atoms. The molecule has 1 unspecified atom stereocenters. The summed E-state index contributed by atoms with van der Waals surface area (Å²) in [6, 6.07) is 5.89. The van der Waals surface area contributed by atoms with E-state index in [-0.39, 0.29) is 11.1 Å². The first-order valence-electron chi connectivity index (χ1n) is 7.53. The maximum atomic E-state index is 11.8. The third-order valence-electron chi connectivity index (χ3n) is 4.15. The molecule has 0 spiro atoms. The van der Waals surface area contributed by atoms with Crippen molar-refractivity contribution in [3.05, 3.63) is 34.7 Å². The summed E-state index contributed by atoms with van der Waals surface area (Å²) in [5.41, 5.74) is 0.232. The minimum Gasteiger partial charge on any atom is -0.314 e. The van der Waals surface area contributed by atoms with Crippen molar-refractivity contribution in [3.8, 4) is 0 Å². The van der Waals surface area contributed by atoms with E-state index in [9.17, 15) is 4.79 Å². The first kappa shape index (κ1) is 15.3. The van der Waals surface area contributed by atoms with Crippen LogP contribution in [0.5, 0.6) is 0 Å². The summed E-state index contributed by atoms with van der Waals surface area (Å²) in [4.78, 5) is 14.3. The second-order valence-corrected chi connectivity index (χ2v) is 6.78. The molecule has 112 valence electrons. The molecule has 1 aromatic heterocycles.